The zero-order chi connectivity index (χ0) is 16.1. The first-order valence-corrected chi connectivity index (χ1v) is 8.73. The molecule has 2 aliphatic rings. The molecule has 2 aliphatic heterocycles. The van der Waals surface area contributed by atoms with Gasteiger partial charge in [0.2, 0.25) is 0 Å². The maximum Gasteiger partial charge on any atom is 0.193 e. The van der Waals surface area contributed by atoms with E-state index in [-0.39, 0.29) is 0 Å². The number of pyridine rings is 1. The molecule has 1 aromatic rings. The highest BCUT2D eigenvalue weighted by Gasteiger charge is 2.42. The molecule has 23 heavy (non-hydrogen) atoms. The Morgan fingerprint density at radius 3 is 3.13 bits per heavy atom. The zero-order valence-electron chi connectivity index (χ0n) is 14.3. The molecule has 0 radical (unpaired) electrons. The van der Waals surface area contributed by atoms with Gasteiger partial charge in [0.25, 0.3) is 0 Å². The van der Waals surface area contributed by atoms with Gasteiger partial charge in [-0.1, -0.05) is 0 Å². The molecule has 0 amide bonds. The summed E-state index contributed by atoms with van der Waals surface area (Å²) in [5, 5.41) is 3.45. The molecule has 3 rings (SSSR count). The monoisotopic (exact) mass is 316 g/mol. The van der Waals surface area contributed by atoms with Gasteiger partial charge in [-0.3, -0.25) is 9.98 Å². The van der Waals surface area contributed by atoms with Crippen LogP contribution in [0.25, 0.3) is 0 Å². The summed E-state index contributed by atoms with van der Waals surface area (Å²) >= 11 is 0. The van der Waals surface area contributed by atoms with Crippen LogP contribution in [0.2, 0.25) is 0 Å². The minimum absolute atomic E-state index is 0.373. The van der Waals surface area contributed by atoms with E-state index in [1.165, 1.54) is 24.0 Å². The van der Waals surface area contributed by atoms with Crippen LogP contribution in [-0.4, -0.2) is 55.2 Å². The number of hydrogen-bond donors (Lipinski definition) is 1. The van der Waals surface area contributed by atoms with Crippen LogP contribution in [0.15, 0.2) is 23.5 Å². The van der Waals surface area contributed by atoms with Crippen molar-refractivity contribution < 1.29 is 4.74 Å². The Balaban J connectivity index is 1.61. The van der Waals surface area contributed by atoms with Crippen LogP contribution in [0.4, 0.5) is 0 Å². The summed E-state index contributed by atoms with van der Waals surface area (Å²) in [6.45, 7) is 9.97. The molecule has 5 nitrogen and oxygen atoms in total. The third kappa shape index (κ3) is 3.83. The van der Waals surface area contributed by atoms with E-state index >= 15 is 0 Å². The number of nitrogens with zero attached hydrogens (tertiary/aromatic N) is 3. The van der Waals surface area contributed by atoms with Gasteiger partial charge in [0.15, 0.2) is 5.96 Å². The third-order valence-electron chi connectivity index (χ3n) is 5.04. The fourth-order valence-electron chi connectivity index (χ4n) is 3.58. The van der Waals surface area contributed by atoms with E-state index in [2.05, 4.69) is 35.1 Å². The topological polar surface area (TPSA) is 49.8 Å². The van der Waals surface area contributed by atoms with Crippen molar-refractivity contribution in [2.45, 2.75) is 33.1 Å². The van der Waals surface area contributed by atoms with E-state index < -0.39 is 0 Å². The van der Waals surface area contributed by atoms with Crippen LogP contribution in [0, 0.1) is 12.3 Å². The molecule has 0 bridgehead atoms. The van der Waals surface area contributed by atoms with Crippen molar-refractivity contribution in [2.24, 2.45) is 10.4 Å². The largest absolute Gasteiger partial charge is 0.381 e. The van der Waals surface area contributed by atoms with E-state index in [1.807, 2.05) is 12.4 Å². The average molecular weight is 316 g/mol. The van der Waals surface area contributed by atoms with Gasteiger partial charge >= 0.3 is 0 Å². The lowest BCUT2D eigenvalue weighted by Gasteiger charge is -2.25. The first kappa shape index (κ1) is 16.2. The molecule has 2 saturated heterocycles. The highest BCUT2D eigenvalue weighted by molar-refractivity contribution is 5.80. The van der Waals surface area contributed by atoms with Crippen molar-refractivity contribution in [3.63, 3.8) is 0 Å². The number of aryl methyl sites for hydroxylation is 1. The second-order valence-electron chi connectivity index (χ2n) is 6.76. The molecule has 1 spiro atoms. The number of guanidine groups is 1. The van der Waals surface area contributed by atoms with Gasteiger partial charge in [-0.2, -0.15) is 0 Å². The molecular weight excluding hydrogens is 288 g/mol. The van der Waals surface area contributed by atoms with Crippen LogP contribution in [0.5, 0.6) is 0 Å². The molecule has 1 aromatic heterocycles. The molecule has 126 valence electrons. The molecule has 5 heteroatoms. The molecular formula is C18H28N4O. The van der Waals surface area contributed by atoms with Gasteiger partial charge < -0.3 is 15.0 Å². The number of aliphatic imine (C=N–C) groups is 1. The van der Waals surface area contributed by atoms with Gasteiger partial charge in [-0.25, -0.2) is 0 Å². The quantitative estimate of drug-likeness (QED) is 0.682. The predicted octanol–water partition coefficient (Wildman–Crippen LogP) is 2.01. The van der Waals surface area contributed by atoms with E-state index in [9.17, 15) is 0 Å². The minimum Gasteiger partial charge on any atom is -0.381 e. The molecule has 1 N–H and O–H groups in total. The van der Waals surface area contributed by atoms with Gasteiger partial charge in [-0.15, -0.1) is 0 Å². The van der Waals surface area contributed by atoms with Gasteiger partial charge in [0.1, 0.15) is 0 Å². The average Bonchev–Trinajstić information content (AvgIpc) is 3.19. The summed E-state index contributed by atoms with van der Waals surface area (Å²) in [5.74, 6) is 1.06. The fourth-order valence-corrected chi connectivity index (χ4v) is 3.58. The zero-order valence-corrected chi connectivity index (χ0v) is 14.3. The molecule has 0 aliphatic carbocycles. The minimum atomic E-state index is 0.373. The maximum atomic E-state index is 5.63. The second-order valence-corrected chi connectivity index (χ2v) is 6.76. The highest BCUT2D eigenvalue weighted by Crippen LogP contribution is 2.38. The Labute approximate surface area is 139 Å². The molecule has 0 saturated carbocycles. The maximum absolute atomic E-state index is 5.63. The van der Waals surface area contributed by atoms with E-state index in [0.717, 1.165) is 51.8 Å². The number of hydrogen-bond acceptors (Lipinski definition) is 3. The van der Waals surface area contributed by atoms with Crippen molar-refractivity contribution in [3.05, 3.63) is 29.6 Å². The Hall–Kier alpha value is -1.62. The van der Waals surface area contributed by atoms with E-state index in [4.69, 9.17) is 9.73 Å². The van der Waals surface area contributed by atoms with E-state index in [1.54, 1.807) is 0 Å². The van der Waals surface area contributed by atoms with Crippen molar-refractivity contribution in [3.8, 4) is 0 Å². The van der Waals surface area contributed by atoms with Crippen LogP contribution >= 0.6 is 0 Å². The van der Waals surface area contributed by atoms with Crippen LogP contribution in [-0.2, 0) is 11.2 Å². The third-order valence-corrected chi connectivity index (χ3v) is 5.04. The van der Waals surface area contributed by atoms with Crippen molar-refractivity contribution in [1.82, 2.24) is 15.2 Å². The Morgan fingerprint density at radius 1 is 1.48 bits per heavy atom. The van der Waals surface area contributed by atoms with Crippen LogP contribution < -0.4 is 5.32 Å². The van der Waals surface area contributed by atoms with Gasteiger partial charge in [-0.05, 0) is 50.3 Å². The number of likely N-dealkylation sites (tertiary alicyclic amines) is 1. The molecule has 3 heterocycles. The number of aromatic nitrogens is 1. The standard InChI is InChI=1S/C18H28N4O/c1-3-20-17(21-9-5-16-4-8-19-12-15(16)2)22-10-6-18(13-22)7-11-23-14-18/h4,8,12H,3,5-7,9-11,13-14H2,1-2H3,(H,20,21). The summed E-state index contributed by atoms with van der Waals surface area (Å²) in [4.78, 5) is 11.4. The molecule has 2 fully saturated rings. The van der Waals surface area contributed by atoms with Crippen LogP contribution in [0.1, 0.15) is 30.9 Å². The summed E-state index contributed by atoms with van der Waals surface area (Å²) in [5.41, 5.74) is 2.95. The molecule has 1 atom stereocenters. The molecule has 1 unspecified atom stereocenters. The SMILES string of the molecule is CCNC(=NCCc1ccncc1C)N1CCC2(CCOC2)C1. The first-order valence-electron chi connectivity index (χ1n) is 8.73. The lowest BCUT2D eigenvalue weighted by atomic mass is 9.87. The summed E-state index contributed by atoms with van der Waals surface area (Å²) in [7, 11) is 0. The number of nitrogens with one attached hydrogen (secondary N) is 1. The number of ether oxygens (including phenoxy) is 1. The van der Waals surface area contributed by atoms with Gasteiger partial charge in [0, 0.05) is 50.6 Å². The summed E-state index contributed by atoms with van der Waals surface area (Å²) in [6.07, 6.45) is 7.17. The lowest BCUT2D eigenvalue weighted by Crippen LogP contribution is -2.41. The van der Waals surface area contributed by atoms with Crippen molar-refractivity contribution in [2.75, 3.05) is 39.4 Å². The second kappa shape index (κ2) is 7.30. The molecule has 0 aromatic carbocycles. The van der Waals surface area contributed by atoms with E-state index in [0.29, 0.717) is 5.41 Å². The van der Waals surface area contributed by atoms with Crippen molar-refractivity contribution >= 4 is 5.96 Å². The first-order chi connectivity index (χ1) is 11.2. The summed E-state index contributed by atoms with van der Waals surface area (Å²) < 4.78 is 5.63. The predicted molar refractivity (Wildman–Crippen MR) is 92.7 cm³/mol. The Bertz CT molecular complexity index is 552. The number of rotatable bonds is 4. The van der Waals surface area contributed by atoms with Crippen LogP contribution in [0.3, 0.4) is 0 Å². The summed E-state index contributed by atoms with van der Waals surface area (Å²) in [6, 6.07) is 2.10. The smallest absolute Gasteiger partial charge is 0.193 e. The fraction of sp³-hybridized carbons (Fsp3) is 0.667. The lowest BCUT2D eigenvalue weighted by molar-refractivity contribution is 0.156. The van der Waals surface area contributed by atoms with Crippen molar-refractivity contribution in [1.29, 1.82) is 0 Å². The Kier molecular flexibility index (Phi) is 5.16. The Morgan fingerprint density at radius 2 is 2.39 bits per heavy atom. The highest BCUT2D eigenvalue weighted by atomic mass is 16.5. The normalized spacial score (nSPS) is 24.6. The van der Waals surface area contributed by atoms with Gasteiger partial charge in [0.05, 0.1) is 6.61 Å².